The number of rotatable bonds is 7. The zero-order valence-electron chi connectivity index (χ0n) is 14.8. The van der Waals surface area contributed by atoms with Gasteiger partial charge >= 0.3 is 0 Å². The number of piperidine rings is 1. The van der Waals surface area contributed by atoms with Crippen LogP contribution in [-0.4, -0.2) is 50.6 Å². The van der Waals surface area contributed by atoms with Crippen LogP contribution < -0.4 is 10.6 Å². The Morgan fingerprint density at radius 1 is 1.39 bits per heavy atom. The monoisotopic (exact) mass is 336 g/mol. The van der Waals surface area contributed by atoms with Gasteiger partial charge in [0.05, 0.1) is 0 Å². The van der Waals surface area contributed by atoms with E-state index in [0.29, 0.717) is 5.92 Å². The lowest BCUT2D eigenvalue weighted by molar-refractivity contribution is 0.191. The molecule has 2 rings (SSSR count). The molecule has 1 unspecified atom stereocenters. The van der Waals surface area contributed by atoms with E-state index in [1.807, 2.05) is 18.4 Å². The molecule has 1 aliphatic rings. The van der Waals surface area contributed by atoms with Gasteiger partial charge in [0.1, 0.15) is 0 Å². The number of hydrogen-bond acceptors (Lipinski definition) is 3. The average Bonchev–Trinajstić information content (AvgIpc) is 3.10. The molecule has 1 aromatic rings. The molecule has 1 saturated heterocycles. The number of aliphatic imine (C=N–C) groups is 1. The van der Waals surface area contributed by atoms with E-state index >= 15 is 0 Å². The zero-order chi connectivity index (χ0) is 16.5. The molecule has 2 N–H and O–H groups in total. The van der Waals surface area contributed by atoms with Gasteiger partial charge in [-0.2, -0.15) is 0 Å². The van der Waals surface area contributed by atoms with Crippen LogP contribution in [0.4, 0.5) is 0 Å². The quantitative estimate of drug-likeness (QED) is 0.456. The minimum atomic E-state index is 0.517. The number of thiophene rings is 1. The van der Waals surface area contributed by atoms with E-state index in [1.165, 1.54) is 43.8 Å². The Balaban J connectivity index is 1.58. The fourth-order valence-electron chi connectivity index (χ4n) is 2.94. The van der Waals surface area contributed by atoms with Gasteiger partial charge in [-0.05, 0) is 56.3 Å². The molecule has 4 nitrogen and oxygen atoms in total. The molecule has 23 heavy (non-hydrogen) atoms. The maximum Gasteiger partial charge on any atom is 0.190 e. The molecule has 1 aliphatic heterocycles. The Kier molecular flexibility index (Phi) is 7.89. The van der Waals surface area contributed by atoms with Gasteiger partial charge in [0.25, 0.3) is 0 Å². The minimum Gasteiger partial charge on any atom is -0.356 e. The lowest BCUT2D eigenvalue weighted by atomic mass is 9.99. The highest BCUT2D eigenvalue weighted by Crippen LogP contribution is 2.19. The molecule has 0 bridgehead atoms. The number of hydrogen-bond donors (Lipinski definition) is 2. The van der Waals surface area contributed by atoms with Gasteiger partial charge in [-0.25, -0.2) is 0 Å². The summed E-state index contributed by atoms with van der Waals surface area (Å²) in [4.78, 5) is 8.34. The molecule has 130 valence electrons. The molecule has 1 atom stereocenters. The van der Waals surface area contributed by atoms with Crippen molar-refractivity contribution in [3.8, 4) is 0 Å². The summed E-state index contributed by atoms with van der Waals surface area (Å²) in [5.41, 5.74) is 0. The van der Waals surface area contributed by atoms with Crippen LogP contribution in [0.1, 0.15) is 43.9 Å². The van der Waals surface area contributed by atoms with E-state index in [9.17, 15) is 0 Å². The third-order valence-electron chi connectivity index (χ3n) is 4.65. The summed E-state index contributed by atoms with van der Waals surface area (Å²) in [6.07, 6.45) is 3.89. The summed E-state index contributed by atoms with van der Waals surface area (Å²) in [5, 5.41) is 9.01. The first kappa shape index (κ1) is 18.3. The number of likely N-dealkylation sites (tertiary alicyclic amines) is 1. The minimum absolute atomic E-state index is 0.517. The number of nitrogens with one attached hydrogen (secondary N) is 2. The highest BCUT2D eigenvalue weighted by Gasteiger charge is 2.14. The normalized spacial score (nSPS) is 18.8. The smallest absolute Gasteiger partial charge is 0.190 e. The van der Waals surface area contributed by atoms with Crippen LogP contribution in [0.15, 0.2) is 22.5 Å². The second kappa shape index (κ2) is 9.93. The summed E-state index contributed by atoms with van der Waals surface area (Å²) >= 11 is 1.82. The van der Waals surface area contributed by atoms with E-state index in [0.717, 1.165) is 25.0 Å². The lowest BCUT2D eigenvalue weighted by Gasteiger charge is -2.30. The van der Waals surface area contributed by atoms with Crippen LogP contribution in [-0.2, 0) is 0 Å². The maximum absolute atomic E-state index is 4.32. The summed E-state index contributed by atoms with van der Waals surface area (Å²) in [7, 11) is 1.84. The first-order valence-electron chi connectivity index (χ1n) is 8.89. The van der Waals surface area contributed by atoms with Crippen LogP contribution in [0, 0.1) is 5.92 Å². The van der Waals surface area contributed by atoms with Crippen LogP contribution in [0.3, 0.4) is 0 Å². The molecule has 0 spiro atoms. The second-order valence-electron chi connectivity index (χ2n) is 6.67. The van der Waals surface area contributed by atoms with E-state index in [-0.39, 0.29) is 0 Å². The van der Waals surface area contributed by atoms with E-state index in [1.54, 1.807) is 0 Å². The molecule has 1 aromatic heterocycles. The van der Waals surface area contributed by atoms with Crippen molar-refractivity contribution in [1.29, 1.82) is 0 Å². The van der Waals surface area contributed by atoms with Crippen molar-refractivity contribution in [2.45, 2.75) is 39.0 Å². The standard InChI is InChI=1S/C18H32N4S/c1-15-7-11-22(12-8-15)10-5-9-20-18(19-3)21-14-16(2)17-6-4-13-23-17/h4,6,13,15-16H,5,7-12,14H2,1-3H3,(H2,19,20,21). The Morgan fingerprint density at radius 2 is 2.17 bits per heavy atom. The molecular formula is C18H32N4S. The Morgan fingerprint density at radius 3 is 2.83 bits per heavy atom. The van der Waals surface area contributed by atoms with E-state index < -0.39 is 0 Å². The molecule has 0 saturated carbocycles. The van der Waals surface area contributed by atoms with Crippen molar-refractivity contribution in [2.24, 2.45) is 10.9 Å². The van der Waals surface area contributed by atoms with Crippen LogP contribution in [0.25, 0.3) is 0 Å². The van der Waals surface area contributed by atoms with Crippen molar-refractivity contribution in [2.75, 3.05) is 39.8 Å². The molecule has 0 aromatic carbocycles. The molecular weight excluding hydrogens is 304 g/mol. The third kappa shape index (κ3) is 6.51. The maximum atomic E-state index is 4.32. The lowest BCUT2D eigenvalue weighted by Crippen LogP contribution is -2.40. The van der Waals surface area contributed by atoms with Crippen molar-refractivity contribution in [3.05, 3.63) is 22.4 Å². The first-order valence-corrected chi connectivity index (χ1v) is 9.77. The highest BCUT2D eigenvalue weighted by atomic mass is 32.1. The van der Waals surface area contributed by atoms with Crippen molar-refractivity contribution < 1.29 is 0 Å². The fourth-order valence-corrected chi connectivity index (χ4v) is 3.72. The summed E-state index contributed by atoms with van der Waals surface area (Å²) in [6, 6.07) is 4.32. The van der Waals surface area contributed by atoms with E-state index in [2.05, 4.69) is 51.9 Å². The van der Waals surface area contributed by atoms with Gasteiger partial charge in [0.15, 0.2) is 5.96 Å². The van der Waals surface area contributed by atoms with Crippen molar-refractivity contribution in [1.82, 2.24) is 15.5 Å². The van der Waals surface area contributed by atoms with Gasteiger partial charge in [-0.3, -0.25) is 4.99 Å². The van der Waals surface area contributed by atoms with Crippen LogP contribution >= 0.6 is 11.3 Å². The summed E-state index contributed by atoms with van der Waals surface area (Å²) in [5.74, 6) is 2.35. The SMILES string of the molecule is CN=C(NCCCN1CCC(C)CC1)NCC(C)c1cccs1. The van der Waals surface area contributed by atoms with Gasteiger partial charge < -0.3 is 15.5 Å². The number of guanidine groups is 1. The van der Waals surface area contributed by atoms with Gasteiger partial charge in [-0.15, -0.1) is 11.3 Å². The van der Waals surface area contributed by atoms with Gasteiger partial charge in [0, 0.05) is 30.9 Å². The van der Waals surface area contributed by atoms with Crippen molar-refractivity contribution in [3.63, 3.8) is 0 Å². The van der Waals surface area contributed by atoms with Gasteiger partial charge in [-0.1, -0.05) is 19.9 Å². The Hall–Kier alpha value is -1.07. The molecule has 0 radical (unpaired) electrons. The van der Waals surface area contributed by atoms with Crippen molar-refractivity contribution >= 4 is 17.3 Å². The summed E-state index contributed by atoms with van der Waals surface area (Å²) < 4.78 is 0. The Bertz CT molecular complexity index is 450. The predicted octanol–water partition coefficient (Wildman–Crippen LogP) is 3.14. The molecule has 0 amide bonds. The topological polar surface area (TPSA) is 39.7 Å². The highest BCUT2D eigenvalue weighted by molar-refractivity contribution is 7.10. The Labute approximate surface area is 145 Å². The van der Waals surface area contributed by atoms with Gasteiger partial charge in [0.2, 0.25) is 0 Å². The van der Waals surface area contributed by atoms with Crippen LogP contribution in [0.2, 0.25) is 0 Å². The fraction of sp³-hybridized carbons (Fsp3) is 0.722. The second-order valence-corrected chi connectivity index (χ2v) is 7.65. The largest absolute Gasteiger partial charge is 0.356 e. The molecule has 0 aliphatic carbocycles. The molecule has 5 heteroatoms. The molecule has 1 fully saturated rings. The average molecular weight is 337 g/mol. The first-order chi connectivity index (χ1) is 11.2. The van der Waals surface area contributed by atoms with E-state index in [4.69, 9.17) is 0 Å². The predicted molar refractivity (Wildman–Crippen MR) is 102 cm³/mol. The van der Waals surface area contributed by atoms with Crippen LogP contribution in [0.5, 0.6) is 0 Å². The molecule has 2 heterocycles. The number of nitrogens with zero attached hydrogens (tertiary/aromatic N) is 2. The summed E-state index contributed by atoms with van der Waals surface area (Å²) in [6.45, 7) is 10.3. The third-order valence-corrected chi connectivity index (χ3v) is 5.75. The zero-order valence-corrected chi connectivity index (χ0v) is 15.7.